The second kappa shape index (κ2) is 7.06. The number of esters is 1. The Morgan fingerprint density at radius 3 is 2.95 bits per heavy atom. The standard InChI is InChI=1S/C15H21N3O3/c1-3-21-15(20)11-7-5-9-17-13(11)18-12-8-4-6-10(12)14(19)16-2/h5,7,9-10,12H,3-4,6,8H2,1-2H3,(H,16,19)(H,17,18)/t10-,12-/m1/s1. The topological polar surface area (TPSA) is 80.3 Å². The Hall–Kier alpha value is -2.11. The minimum absolute atomic E-state index is 0.00646. The third kappa shape index (κ3) is 3.51. The first kappa shape index (κ1) is 15.3. The summed E-state index contributed by atoms with van der Waals surface area (Å²) >= 11 is 0. The van der Waals surface area contributed by atoms with Crippen molar-refractivity contribution in [3.8, 4) is 0 Å². The molecule has 1 amide bonds. The summed E-state index contributed by atoms with van der Waals surface area (Å²) in [5.74, 6) is 0.0185. The first-order chi connectivity index (χ1) is 10.2. The molecule has 0 spiro atoms. The maximum absolute atomic E-state index is 11.9. The van der Waals surface area contributed by atoms with Gasteiger partial charge in [0.05, 0.1) is 12.5 Å². The molecule has 6 nitrogen and oxygen atoms in total. The first-order valence-corrected chi connectivity index (χ1v) is 7.27. The Bertz CT molecular complexity index is 519. The van der Waals surface area contributed by atoms with Gasteiger partial charge in [-0.2, -0.15) is 0 Å². The van der Waals surface area contributed by atoms with Crippen LogP contribution in [0.3, 0.4) is 0 Å². The van der Waals surface area contributed by atoms with Crippen molar-refractivity contribution in [2.24, 2.45) is 5.92 Å². The lowest BCUT2D eigenvalue weighted by molar-refractivity contribution is -0.124. The van der Waals surface area contributed by atoms with Gasteiger partial charge in [0.25, 0.3) is 0 Å². The fourth-order valence-electron chi connectivity index (χ4n) is 2.70. The van der Waals surface area contributed by atoms with Gasteiger partial charge in [-0.25, -0.2) is 9.78 Å². The number of hydrogen-bond donors (Lipinski definition) is 2. The van der Waals surface area contributed by atoms with E-state index in [-0.39, 0.29) is 17.9 Å². The summed E-state index contributed by atoms with van der Waals surface area (Å²) in [5.41, 5.74) is 0.405. The lowest BCUT2D eigenvalue weighted by Gasteiger charge is -2.21. The molecule has 1 aliphatic carbocycles. The quantitative estimate of drug-likeness (QED) is 0.805. The number of pyridine rings is 1. The van der Waals surface area contributed by atoms with E-state index in [1.165, 1.54) is 0 Å². The lowest BCUT2D eigenvalue weighted by atomic mass is 10.0. The van der Waals surface area contributed by atoms with Crippen LogP contribution in [0.4, 0.5) is 5.82 Å². The maximum Gasteiger partial charge on any atom is 0.341 e. The molecule has 0 aliphatic heterocycles. The molecule has 1 saturated carbocycles. The fraction of sp³-hybridized carbons (Fsp3) is 0.533. The summed E-state index contributed by atoms with van der Waals surface area (Å²) in [4.78, 5) is 28.0. The highest BCUT2D eigenvalue weighted by molar-refractivity contribution is 5.94. The highest BCUT2D eigenvalue weighted by Gasteiger charge is 2.33. The van der Waals surface area contributed by atoms with Crippen LogP contribution in [-0.2, 0) is 9.53 Å². The Kier molecular flexibility index (Phi) is 5.14. The average Bonchev–Trinajstić information content (AvgIpc) is 2.95. The largest absolute Gasteiger partial charge is 0.462 e. The molecular weight excluding hydrogens is 270 g/mol. The molecule has 1 aromatic heterocycles. The Labute approximate surface area is 124 Å². The van der Waals surface area contributed by atoms with Crippen molar-refractivity contribution < 1.29 is 14.3 Å². The van der Waals surface area contributed by atoms with Crippen LogP contribution in [0.1, 0.15) is 36.5 Å². The van der Waals surface area contributed by atoms with Crippen LogP contribution in [0.2, 0.25) is 0 Å². The van der Waals surface area contributed by atoms with E-state index in [0.29, 0.717) is 18.0 Å². The van der Waals surface area contributed by atoms with Crippen LogP contribution in [0.25, 0.3) is 0 Å². The van der Waals surface area contributed by atoms with Gasteiger partial charge in [0.1, 0.15) is 11.4 Å². The minimum atomic E-state index is -0.400. The van der Waals surface area contributed by atoms with Gasteiger partial charge in [0, 0.05) is 19.3 Å². The zero-order valence-electron chi connectivity index (χ0n) is 12.4. The maximum atomic E-state index is 11.9. The number of carbonyl (C=O) groups is 2. The zero-order valence-corrected chi connectivity index (χ0v) is 12.4. The van der Waals surface area contributed by atoms with E-state index in [4.69, 9.17) is 4.74 Å². The molecule has 1 fully saturated rings. The van der Waals surface area contributed by atoms with Crippen LogP contribution in [0.15, 0.2) is 18.3 Å². The molecule has 0 radical (unpaired) electrons. The van der Waals surface area contributed by atoms with Gasteiger partial charge in [-0.1, -0.05) is 6.42 Å². The van der Waals surface area contributed by atoms with Crippen LogP contribution < -0.4 is 10.6 Å². The van der Waals surface area contributed by atoms with Crippen molar-refractivity contribution in [1.82, 2.24) is 10.3 Å². The first-order valence-electron chi connectivity index (χ1n) is 7.27. The van der Waals surface area contributed by atoms with Crippen molar-refractivity contribution >= 4 is 17.7 Å². The molecule has 1 aliphatic rings. The second-order valence-electron chi connectivity index (χ2n) is 5.02. The number of nitrogens with one attached hydrogen (secondary N) is 2. The number of hydrogen-bond acceptors (Lipinski definition) is 5. The molecule has 6 heteroatoms. The van der Waals surface area contributed by atoms with Gasteiger partial charge in [0.2, 0.25) is 5.91 Å². The van der Waals surface area contributed by atoms with E-state index in [1.54, 1.807) is 32.3 Å². The van der Waals surface area contributed by atoms with Crippen LogP contribution >= 0.6 is 0 Å². The van der Waals surface area contributed by atoms with Gasteiger partial charge in [-0.15, -0.1) is 0 Å². The van der Waals surface area contributed by atoms with Crippen LogP contribution in [-0.4, -0.2) is 36.6 Å². The molecule has 0 aromatic carbocycles. The third-order valence-electron chi connectivity index (χ3n) is 3.72. The van der Waals surface area contributed by atoms with Crippen molar-refractivity contribution in [3.63, 3.8) is 0 Å². The lowest BCUT2D eigenvalue weighted by Crippen LogP contribution is -2.36. The zero-order chi connectivity index (χ0) is 15.2. The summed E-state index contributed by atoms with van der Waals surface area (Å²) in [6.45, 7) is 2.08. The van der Waals surface area contributed by atoms with Gasteiger partial charge in [-0.3, -0.25) is 4.79 Å². The van der Waals surface area contributed by atoms with E-state index in [1.807, 2.05) is 0 Å². The van der Waals surface area contributed by atoms with E-state index < -0.39 is 5.97 Å². The van der Waals surface area contributed by atoms with Gasteiger partial charge >= 0.3 is 5.97 Å². The van der Waals surface area contributed by atoms with Crippen molar-refractivity contribution in [3.05, 3.63) is 23.9 Å². The number of carbonyl (C=O) groups excluding carboxylic acids is 2. The number of amides is 1. The minimum Gasteiger partial charge on any atom is -0.462 e. The summed E-state index contributed by atoms with van der Waals surface area (Å²) in [7, 11) is 1.64. The van der Waals surface area contributed by atoms with Gasteiger partial charge in [-0.05, 0) is 31.9 Å². The normalized spacial score (nSPS) is 20.9. The molecule has 21 heavy (non-hydrogen) atoms. The van der Waals surface area contributed by atoms with Gasteiger partial charge in [0.15, 0.2) is 0 Å². The summed E-state index contributed by atoms with van der Waals surface area (Å²) in [6.07, 6.45) is 4.34. The number of anilines is 1. The molecule has 2 N–H and O–H groups in total. The SMILES string of the molecule is CCOC(=O)c1cccnc1N[C@@H]1CCC[C@H]1C(=O)NC. The van der Waals surface area contributed by atoms with E-state index in [9.17, 15) is 9.59 Å². The van der Waals surface area contributed by atoms with E-state index in [2.05, 4.69) is 15.6 Å². The number of aromatic nitrogens is 1. The molecule has 0 bridgehead atoms. The van der Waals surface area contributed by atoms with E-state index >= 15 is 0 Å². The second-order valence-corrected chi connectivity index (χ2v) is 5.02. The van der Waals surface area contributed by atoms with Crippen molar-refractivity contribution in [1.29, 1.82) is 0 Å². The molecule has 2 atom stereocenters. The fourth-order valence-corrected chi connectivity index (χ4v) is 2.70. The number of ether oxygens (including phenoxy) is 1. The highest BCUT2D eigenvalue weighted by atomic mass is 16.5. The molecule has 0 saturated heterocycles. The summed E-state index contributed by atoms with van der Waals surface area (Å²) < 4.78 is 5.03. The smallest absolute Gasteiger partial charge is 0.341 e. The van der Waals surface area contributed by atoms with Crippen LogP contribution in [0.5, 0.6) is 0 Å². The number of nitrogens with zero attached hydrogens (tertiary/aromatic N) is 1. The molecule has 1 heterocycles. The predicted octanol–water partition coefficient (Wildman–Crippen LogP) is 1.58. The molecule has 0 unspecified atom stereocenters. The van der Waals surface area contributed by atoms with E-state index in [0.717, 1.165) is 19.3 Å². The predicted molar refractivity (Wildman–Crippen MR) is 79.0 cm³/mol. The molecular formula is C15H21N3O3. The van der Waals surface area contributed by atoms with Crippen molar-refractivity contribution in [2.45, 2.75) is 32.2 Å². The van der Waals surface area contributed by atoms with Gasteiger partial charge < -0.3 is 15.4 Å². The average molecular weight is 291 g/mol. The monoisotopic (exact) mass is 291 g/mol. The molecule has 1 aromatic rings. The molecule has 2 rings (SSSR count). The Morgan fingerprint density at radius 2 is 2.24 bits per heavy atom. The highest BCUT2D eigenvalue weighted by Crippen LogP contribution is 2.29. The Balaban J connectivity index is 2.15. The Morgan fingerprint density at radius 1 is 1.43 bits per heavy atom. The third-order valence-corrected chi connectivity index (χ3v) is 3.72. The molecule has 114 valence electrons. The summed E-state index contributed by atoms with van der Waals surface area (Å²) in [6, 6.07) is 3.37. The van der Waals surface area contributed by atoms with Crippen molar-refractivity contribution in [2.75, 3.05) is 19.0 Å². The summed E-state index contributed by atoms with van der Waals surface area (Å²) in [5, 5.41) is 5.93. The van der Waals surface area contributed by atoms with Crippen LogP contribution in [0, 0.1) is 5.92 Å². The number of rotatable bonds is 5.